The van der Waals surface area contributed by atoms with E-state index in [0.717, 1.165) is 38.0 Å². The summed E-state index contributed by atoms with van der Waals surface area (Å²) in [5.41, 5.74) is 2.61. The van der Waals surface area contributed by atoms with Gasteiger partial charge in [0.05, 0.1) is 17.8 Å². The number of piperidine rings is 1. The molecule has 1 fully saturated rings. The zero-order valence-electron chi connectivity index (χ0n) is 17.4. The first-order chi connectivity index (χ1) is 12.1. The number of carbonyl (C=O) groups excluding carboxylic acids is 1. The van der Waals surface area contributed by atoms with Gasteiger partial charge in [-0.1, -0.05) is 13.8 Å². The number of aromatic nitrogens is 2. The van der Waals surface area contributed by atoms with Crippen molar-refractivity contribution >= 4 is 5.91 Å². The van der Waals surface area contributed by atoms with Crippen molar-refractivity contribution in [3.8, 4) is 0 Å². The summed E-state index contributed by atoms with van der Waals surface area (Å²) < 4.78 is 2.07. The molecule has 0 aromatic carbocycles. The van der Waals surface area contributed by atoms with Gasteiger partial charge in [0.25, 0.3) is 0 Å². The predicted molar refractivity (Wildman–Crippen MR) is 104 cm³/mol. The second kappa shape index (κ2) is 8.53. The van der Waals surface area contributed by atoms with Gasteiger partial charge in [-0.25, -0.2) is 0 Å². The predicted octanol–water partition coefficient (Wildman–Crippen LogP) is 2.00. The van der Waals surface area contributed by atoms with Crippen LogP contribution < -0.4 is 0 Å². The van der Waals surface area contributed by atoms with Crippen LogP contribution in [0, 0.1) is 19.8 Å². The summed E-state index contributed by atoms with van der Waals surface area (Å²) in [6.07, 6.45) is 2.82. The Morgan fingerprint density at radius 2 is 2.04 bits per heavy atom. The van der Waals surface area contributed by atoms with Gasteiger partial charge in [0.15, 0.2) is 0 Å². The molecule has 0 bridgehead atoms. The van der Waals surface area contributed by atoms with Gasteiger partial charge >= 0.3 is 0 Å². The molecule has 0 saturated carbocycles. The Labute approximate surface area is 158 Å². The fourth-order valence-corrected chi connectivity index (χ4v) is 4.05. The minimum absolute atomic E-state index is 0.136. The van der Waals surface area contributed by atoms with E-state index >= 15 is 0 Å². The van der Waals surface area contributed by atoms with Crippen molar-refractivity contribution < 1.29 is 9.90 Å². The molecule has 2 rings (SSSR count). The summed E-state index contributed by atoms with van der Waals surface area (Å²) in [5.74, 6) is 0.683. The number of aliphatic hydroxyl groups is 1. The molecule has 148 valence electrons. The first kappa shape index (κ1) is 20.9. The monoisotopic (exact) mass is 364 g/mol. The fraction of sp³-hybridized carbons (Fsp3) is 0.800. The Morgan fingerprint density at radius 3 is 2.65 bits per heavy atom. The van der Waals surface area contributed by atoms with Crippen LogP contribution in [0.3, 0.4) is 0 Å². The van der Waals surface area contributed by atoms with E-state index < -0.39 is 5.60 Å². The number of likely N-dealkylation sites (N-methyl/N-ethyl adjacent to an activating group) is 1. The van der Waals surface area contributed by atoms with Gasteiger partial charge in [0.1, 0.15) is 0 Å². The average Bonchev–Trinajstić information content (AvgIpc) is 2.77. The van der Waals surface area contributed by atoms with Crippen molar-refractivity contribution in [2.24, 2.45) is 5.92 Å². The highest BCUT2D eigenvalue weighted by Gasteiger charge is 2.35. The maximum absolute atomic E-state index is 12.7. The van der Waals surface area contributed by atoms with Crippen molar-refractivity contribution in [2.75, 3.05) is 33.7 Å². The molecule has 1 atom stereocenters. The average molecular weight is 365 g/mol. The number of likely N-dealkylation sites (tertiary alicyclic amines) is 1. The molecule has 1 aromatic rings. The lowest BCUT2D eigenvalue weighted by Crippen LogP contribution is -2.54. The maximum atomic E-state index is 12.7. The van der Waals surface area contributed by atoms with E-state index in [-0.39, 0.29) is 5.91 Å². The van der Waals surface area contributed by atoms with Crippen LogP contribution in [0.4, 0.5) is 0 Å². The third kappa shape index (κ3) is 5.30. The van der Waals surface area contributed by atoms with Crippen LogP contribution in [-0.4, -0.2) is 69.9 Å². The molecule has 6 nitrogen and oxygen atoms in total. The molecule has 0 spiro atoms. The maximum Gasteiger partial charge on any atom is 0.223 e. The van der Waals surface area contributed by atoms with Crippen LogP contribution in [0.5, 0.6) is 0 Å². The van der Waals surface area contributed by atoms with E-state index in [1.165, 1.54) is 11.3 Å². The molecule has 6 heteroatoms. The van der Waals surface area contributed by atoms with Gasteiger partial charge in [0, 0.05) is 31.7 Å². The number of amides is 1. The van der Waals surface area contributed by atoms with Crippen molar-refractivity contribution in [2.45, 2.75) is 65.5 Å². The molecule has 2 heterocycles. The number of nitrogens with zero attached hydrogens (tertiary/aromatic N) is 4. The van der Waals surface area contributed by atoms with Crippen LogP contribution in [0.1, 0.15) is 50.1 Å². The highest BCUT2D eigenvalue weighted by Crippen LogP contribution is 2.23. The minimum atomic E-state index is -0.786. The number of hydrogen-bond donors (Lipinski definition) is 1. The minimum Gasteiger partial charge on any atom is -0.387 e. The highest BCUT2D eigenvalue weighted by atomic mass is 16.3. The molecular formula is C20H36N4O2. The van der Waals surface area contributed by atoms with Crippen LogP contribution in [0.25, 0.3) is 0 Å². The summed E-state index contributed by atoms with van der Waals surface area (Å²) >= 11 is 0. The second-order valence-electron chi connectivity index (χ2n) is 8.61. The lowest BCUT2D eigenvalue weighted by Gasteiger charge is -2.40. The quantitative estimate of drug-likeness (QED) is 0.804. The molecular weight excluding hydrogens is 328 g/mol. The Morgan fingerprint density at radius 1 is 1.35 bits per heavy atom. The normalized spacial score (nSPS) is 21.0. The highest BCUT2D eigenvalue weighted by molar-refractivity contribution is 5.76. The zero-order valence-corrected chi connectivity index (χ0v) is 17.4. The van der Waals surface area contributed by atoms with E-state index in [4.69, 9.17) is 0 Å². The van der Waals surface area contributed by atoms with E-state index in [2.05, 4.69) is 30.6 Å². The SMILES string of the molecule is Cc1nn(CC(C)C)c(C)c1CCC(=O)N1CCC[C@@](O)(CN(C)C)C1. The number of hydrogen-bond acceptors (Lipinski definition) is 4. The standard InChI is InChI=1S/C20H36N4O2/c1-15(2)12-24-17(4)18(16(3)21-24)8-9-19(25)23-11-7-10-20(26,14-23)13-22(5)6/h15,26H,7-14H2,1-6H3/t20-/m1/s1. The van der Waals surface area contributed by atoms with Crippen molar-refractivity contribution in [3.05, 3.63) is 17.0 Å². The van der Waals surface area contributed by atoms with Crippen molar-refractivity contribution in [3.63, 3.8) is 0 Å². The molecule has 0 unspecified atom stereocenters. The van der Waals surface area contributed by atoms with E-state index in [1.54, 1.807) is 0 Å². The van der Waals surface area contributed by atoms with Gasteiger partial charge in [-0.15, -0.1) is 0 Å². The Kier molecular flexibility index (Phi) is 6.86. The number of rotatable bonds is 7. The first-order valence-electron chi connectivity index (χ1n) is 9.79. The molecule has 1 aromatic heterocycles. The lowest BCUT2D eigenvalue weighted by atomic mass is 9.92. The van der Waals surface area contributed by atoms with E-state index in [9.17, 15) is 9.90 Å². The summed E-state index contributed by atoms with van der Waals surface area (Å²) in [6.45, 7) is 11.2. The number of carbonyl (C=O) groups is 1. The first-order valence-corrected chi connectivity index (χ1v) is 9.79. The smallest absolute Gasteiger partial charge is 0.223 e. The van der Waals surface area contributed by atoms with Gasteiger partial charge < -0.3 is 14.9 Å². The van der Waals surface area contributed by atoms with Gasteiger partial charge in [0.2, 0.25) is 5.91 Å². The number of β-amino-alcohol motifs (C(OH)–C–C–N with tert-alkyl or cyclic N) is 1. The van der Waals surface area contributed by atoms with E-state index in [0.29, 0.717) is 25.4 Å². The van der Waals surface area contributed by atoms with E-state index in [1.807, 2.05) is 30.8 Å². The van der Waals surface area contributed by atoms with Crippen molar-refractivity contribution in [1.29, 1.82) is 0 Å². The third-order valence-electron chi connectivity index (χ3n) is 5.18. The van der Waals surface area contributed by atoms with Crippen LogP contribution in [-0.2, 0) is 17.8 Å². The summed E-state index contributed by atoms with van der Waals surface area (Å²) in [5, 5.41) is 15.4. The van der Waals surface area contributed by atoms with Crippen LogP contribution in [0.2, 0.25) is 0 Å². The molecule has 1 saturated heterocycles. The van der Waals surface area contributed by atoms with Gasteiger partial charge in [-0.3, -0.25) is 9.48 Å². The topological polar surface area (TPSA) is 61.6 Å². The molecule has 1 aliphatic rings. The molecule has 1 N–H and O–H groups in total. The molecule has 26 heavy (non-hydrogen) atoms. The lowest BCUT2D eigenvalue weighted by molar-refractivity contribution is -0.139. The summed E-state index contributed by atoms with van der Waals surface area (Å²) in [4.78, 5) is 16.6. The molecule has 0 radical (unpaired) electrons. The summed E-state index contributed by atoms with van der Waals surface area (Å²) in [6, 6.07) is 0. The van der Waals surface area contributed by atoms with Crippen LogP contribution in [0.15, 0.2) is 0 Å². The summed E-state index contributed by atoms with van der Waals surface area (Å²) in [7, 11) is 3.91. The van der Waals surface area contributed by atoms with Gasteiger partial charge in [-0.2, -0.15) is 5.10 Å². The third-order valence-corrected chi connectivity index (χ3v) is 5.18. The van der Waals surface area contributed by atoms with Crippen molar-refractivity contribution in [1.82, 2.24) is 19.6 Å². The van der Waals surface area contributed by atoms with Gasteiger partial charge in [-0.05, 0) is 58.7 Å². The molecule has 0 aliphatic carbocycles. The molecule has 1 aliphatic heterocycles. The second-order valence-corrected chi connectivity index (χ2v) is 8.61. The zero-order chi connectivity index (χ0) is 19.5. The Bertz CT molecular complexity index is 624. The Hall–Kier alpha value is -1.40. The number of aryl methyl sites for hydroxylation is 1. The Balaban J connectivity index is 1.97. The fourth-order valence-electron chi connectivity index (χ4n) is 4.05. The molecule has 1 amide bonds. The largest absolute Gasteiger partial charge is 0.387 e. The van der Waals surface area contributed by atoms with Crippen LogP contribution >= 0.6 is 0 Å².